The maximum absolute atomic E-state index is 9.35. The fraction of sp³-hybridized carbons (Fsp3) is 0.273. The van der Waals surface area contributed by atoms with Gasteiger partial charge in [0, 0.05) is 18.3 Å². The van der Waals surface area contributed by atoms with E-state index in [1.54, 1.807) is 5.51 Å². The van der Waals surface area contributed by atoms with Crippen LogP contribution < -0.4 is 10.1 Å². The molecule has 1 aromatic carbocycles. The largest absolute Gasteiger partial charge is 0.430 e. The monoisotopic (exact) mass is 285 g/mol. The molecule has 0 aliphatic heterocycles. The van der Waals surface area contributed by atoms with Gasteiger partial charge in [-0.1, -0.05) is 22.5 Å². The van der Waals surface area contributed by atoms with Crippen LogP contribution in [0.2, 0.25) is 0 Å². The number of anilines is 1. The predicted molar refractivity (Wildman–Crippen MR) is 71.6 cm³/mol. The maximum atomic E-state index is 9.35. The molecule has 18 heavy (non-hydrogen) atoms. The molecule has 0 bridgehead atoms. The quantitative estimate of drug-likeness (QED) is 0.798. The third-order valence-corrected chi connectivity index (χ3v) is 3.02. The fourth-order valence-corrected chi connectivity index (χ4v) is 1.80. The molecule has 0 aliphatic rings. The number of aliphatic hydroxyl groups excluding tert-OH is 1. The van der Waals surface area contributed by atoms with Gasteiger partial charge < -0.3 is 15.2 Å². The van der Waals surface area contributed by atoms with Crippen molar-refractivity contribution in [1.82, 2.24) is 10.2 Å². The van der Waals surface area contributed by atoms with E-state index in [0.29, 0.717) is 17.5 Å². The van der Waals surface area contributed by atoms with Crippen molar-refractivity contribution in [3.05, 3.63) is 29.8 Å². The molecule has 0 radical (unpaired) electrons. The summed E-state index contributed by atoms with van der Waals surface area (Å²) in [4.78, 5) is 0. The SMILES string of the molecule is OC(CCl)CNc1cccc(Oc2nncs2)c1. The Morgan fingerprint density at radius 3 is 3.11 bits per heavy atom. The second-order valence-corrected chi connectivity index (χ2v) is 4.63. The molecular formula is C11H12ClN3O2S. The van der Waals surface area contributed by atoms with Gasteiger partial charge in [-0.15, -0.1) is 16.7 Å². The Balaban J connectivity index is 1.96. The summed E-state index contributed by atoms with van der Waals surface area (Å²) in [6, 6.07) is 7.38. The molecule has 1 heterocycles. The molecule has 7 heteroatoms. The van der Waals surface area contributed by atoms with Crippen molar-refractivity contribution in [3.63, 3.8) is 0 Å². The van der Waals surface area contributed by atoms with E-state index in [1.807, 2.05) is 24.3 Å². The Kier molecular flexibility index (Phi) is 4.74. The Morgan fingerprint density at radius 2 is 2.39 bits per heavy atom. The smallest absolute Gasteiger partial charge is 0.299 e. The zero-order valence-electron chi connectivity index (χ0n) is 9.41. The van der Waals surface area contributed by atoms with Gasteiger partial charge >= 0.3 is 0 Å². The van der Waals surface area contributed by atoms with E-state index in [0.717, 1.165) is 5.69 Å². The normalized spacial score (nSPS) is 12.1. The number of hydrogen-bond acceptors (Lipinski definition) is 6. The number of rotatable bonds is 6. The average Bonchev–Trinajstić information content (AvgIpc) is 2.89. The molecule has 0 saturated carbocycles. The Hall–Kier alpha value is -1.37. The molecule has 2 N–H and O–H groups in total. The highest BCUT2D eigenvalue weighted by Crippen LogP contribution is 2.24. The van der Waals surface area contributed by atoms with Crippen molar-refractivity contribution in [2.75, 3.05) is 17.7 Å². The summed E-state index contributed by atoms with van der Waals surface area (Å²) < 4.78 is 5.51. The van der Waals surface area contributed by atoms with E-state index in [-0.39, 0.29) is 5.88 Å². The van der Waals surface area contributed by atoms with Crippen molar-refractivity contribution >= 4 is 28.6 Å². The summed E-state index contributed by atoms with van der Waals surface area (Å²) in [5.74, 6) is 0.866. The number of halogens is 1. The van der Waals surface area contributed by atoms with Crippen LogP contribution in [0.3, 0.4) is 0 Å². The molecular weight excluding hydrogens is 274 g/mol. The zero-order valence-corrected chi connectivity index (χ0v) is 11.0. The first-order valence-corrected chi connectivity index (χ1v) is 6.71. The number of hydrogen-bond donors (Lipinski definition) is 2. The number of aliphatic hydroxyl groups is 1. The lowest BCUT2D eigenvalue weighted by molar-refractivity contribution is 0.211. The highest BCUT2D eigenvalue weighted by atomic mass is 35.5. The first kappa shape index (κ1) is 13.1. The minimum Gasteiger partial charge on any atom is -0.430 e. The Bertz CT molecular complexity index is 481. The molecule has 2 aromatic rings. The van der Waals surface area contributed by atoms with Crippen LogP contribution in [0.15, 0.2) is 29.8 Å². The van der Waals surface area contributed by atoms with Crippen LogP contribution in [0.5, 0.6) is 10.9 Å². The van der Waals surface area contributed by atoms with E-state index < -0.39 is 6.10 Å². The third kappa shape index (κ3) is 3.83. The molecule has 96 valence electrons. The summed E-state index contributed by atoms with van der Waals surface area (Å²) in [6.07, 6.45) is -0.570. The second kappa shape index (κ2) is 6.53. The molecule has 0 aliphatic carbocycles. The number of nitrogens with zero attached hydrogens (tertiary/aromatic N) is 2. The highest BCUT2D eigenvalue weighted by molar-refractivity contribution is 7.11. The lowest BCUT2D eigenvalue weighted by Crippen LogP contribution is -2.20. The number of alkyl halides is 1. The van der Waals surface area contributed by atoms with Crippen molar-refractivity contribution in [1.29, 1.82) is 0 Å². The van der Waals surface area contributed by atoms with E-state index in [2.05, 4.69) is 15.5 Å². The van der Waals surface area contributed by atoms with Crippen LogP contribution in [0.4, 0.5) is 5.69 Å². The third-order valence-electron chi connectivity index (χ3n) is 2.10. The summed E-state index contributed by atoms with van der Waals surface area (Å²) in [5, 5.41) is 20.4. The van der Waals surface area contributed by atoms with Crippen molar-refractivity contribution in [2.45, 2.75) is 6.10 Å². The van der Waals surface area contributed by atoms with E-state index >= 15 is 0 Å². The van der Waals surface area contributed by atoms with Gasteiger partial charge in [-0.2, -0.15) is 0 Å². The molecule has 1 unspecified atom stereocenters. The lowest BCUT2D eigenvalue weighted by atomic mass is 10.3. The van der Waals surface area contributed by atoms with Crippen LogP contribution in [-0.2, 0) is 0 Å². The van der Waals surface area contributed by atoms with Gasteiger partial charge in [-0.3, -0.25) is 0 Å². The number of ether oxygens (including phenoxy) is 1. The van der Waals surface area contributed by atoms with Crippen LogP contribution in [0.25, 0.3) is 0 Å². The molecule has 0 amide bonds. The van der Waals surface area contributed by atoms with Crippen LogP contribution in [0.1, 0.15) is 0 Å². The molecule has 0 fully saturated rings. The lowest BCUT2D eigenvalue weighted by Gasteiger charge is -2.10. The van der Waals surface area contributed by atoms with Crippen molar-refractivity contribution < 1.29 is 9.84 Å². The number of aromatic nitrogens is 2. The Morgan fingerprint density at radius 1 is 1.50 bits per heavy atom. The molecule has 0 spiro atoms. The van der Waals surface area contributed by atoms with Gasteiger partial charge in [0.2, 0.25) is 0 Å². The fourth-order valence-electron chi connectivity index (χ4n) is 1.27. The first-order chi connectivity index (χ1) is 8.78. The van der Waals surface area contributed by atoms with Gasteiger partial charge in [-0.25, -0.2) is 0 Å². The van der Waals surface area contributed by atoms with Crippen LogP contribution in [0, 0.1) is 0 Å². The molecule has 5 nitrogen and oxygen atoms in total. The molecule has 2 rings (SSSR count). The van der Waals surface area contributed by atoms with E-state index in [1.165, 1.54) is 11.3 Å². The van der Waals surface area contributed by atoms with Crippen molar-refractivity contribution in [2.24, 2.45) is 0 Å². The number of nitrogens with one attached hydrogen (secondary N) is 1. The summed E-state index contributed by atoms with van der Waals surface area (Å²) in [7, 11) is 0. The summed E-state index contributed by atoms with van der Waals surface area (Å²) in [6.45, 7) is 0.395. The molecule has 1 atom stereocenters. The van der Waals surface area contributed by atoms with Crippen LogP contribution in [-0.4, -0.2) is 33.8 Å². The zero-order chi connectivity index (χ0) is 12.8. The first-order valence-electron chi connectivity index (χ1n) is 5.30. The van der Waals surface area contributed by atoms with Gasteiger partial charge in [0.1, 0.15) is 11.3 Å². The standard InChI is InChI=1S/C11H12ClN3O2S/c12-5-9(16)6-13-8-2-1-3-10(4-8)17-11-15-14-7-18-11/h1-4,7,9,13,16H,5-6H2. The average molecular weight is 286 g/mol. The summed E-state index contributed by atoms with van der Waals surface area (Å²) in [5.41, 5.74) is 2.45. The highest BCUT2D eigenvalue weighted by Gasteiger charge is 2.04. The van der Waals surface area contributed by atoms with Gasteiger partial charge in [0.25, 0.3) is 5.19 Å². The molecule has 0 saturated heterocycles. The Labute approximate surface area is 113 Å². The maximum Gasteiger partial charge on any atom is 0.299 e. The second-order valence-electron chi connectivity index (χ2n) is 3.52. The van der Waals surface area contributed by atoms with E-state index in [4.69, 9.17) is 16.3 Å². The predicted octanol–water partition coefficient (Wildman–Crippen LogP) is 2.34. The summed E-state index contributed by atoms with van der Waals surface area (Å²) >= 11 is 6.84. The number of benzene rings is 1. The molecule has 1 aromatic heterocycles. The van der Waals surface area contributed by atoms with Crippen molar-refractivity contribution in [3.8, 4) is 10.9 Å². The minimum atomic E-state index is -0.570. The van der Waals surface area contributed by atoms with Gasteiger partial charge in [-0.05, 0) is 12.1 Å². The van der Waals surface area contributed by atoms with Gasteiger partial charge in [0.15, 0.2) is 0 Å². The topological polar surface area (TPSA) is 67.3 Å². The van der Waals surface area contributed by atoms with Gasteiger partial charge in [0.05, 0.1) is 12.0 Å². The minimum absolute atomic E-state index is 0.202. The van der Waals surface area contributed by atoms with E-state index in [9.17, 15) is 5.11 Å². The van der Waals surface area contributed by atoms with Crippen LogP contribution >= 0.6 is 22.9 Å².